The molecule has 2 unspecified atom stereocenters. The van der Waals surface area contributed by atoms with Crippen LogP contribution in [0.4, 0.5) is 8.78 Å². The molecule has 0 aliphatic heterocycles. The number of halogens is 2. The van der Waals surface area contributed by atoms with Crippen molar-refractivity contribution >= 4 is 11.8 Å². The van der Waals surface area contributed by atoms with E-state index >= 15 is 0 Å². The van der Waals surface area contributed by atoms with Crippen molar-refractivity contribution in [2.45, 2.75) is 25.1 Å². The molecule has 0 saturated carbocycles. The van der Waals surface area contributed by atoms with Crippen LogP contribution in [-0.2, 0) is 0 Å². The lowest BCUT2D eigenvalue weighted by molar-refractivity contribution is 0.474. The third kappa shape index (κ3) is 3.46. The number of hydrogen-bond donors (Lipinski definition) is 1. The van der Waals surface area contributed by atoms with E-state index in [1.165, 1.54) is 6.07 Å². The highest BCUT2D eigenvalue weighted by molar-refractivity contribution is 7.99. The number of hydrogen-bond acceptors (Lipinski definition) is 2. The molecule has 2 atom stereocenters. The van der Waals surface area contributed by atoms with E-state index in [9.17, 15) is 8.78 Å². The van der Waals surface area contributed by atoms with E-state index in [0.717, 1.165) is 12.6 Å². The van der Waals surface area contributed by atoms with Gasteiger partial charge in [-0.25, -0.2) is 8.78 Å². The molecule has 0 fully saturated rings. The van der Waals surface area contributed by atoms with Crippen molar-refractivity contribution < 1.29 is 8.78 Å². The molecule has 0 saturated heterocycles. The molecule has 90 valence electrons. The number of rotatable bonds is 5. The highest BCUT2D eigenvalue weighted by Crippen LogP contribution is 2.19. The van der Waals surface area contributed by atoms with Gasteiger partial charge in [0, 0.05) is 23.4 Å². The largest absolute Gasteiger partial charge is 0.309 e. The third-order valence-electron chi connectivity index (χ3n) is 2.56. The van der Waals surface area contributed by atoms with Crippen LogP contribution in [0.1, 0.15) is 25.5 Å². The van der Waals surface area contributed by atoms with Crippen LogP contribution in [-0.4, -0.2) is 18.1 Å². The van der Waals surface area contributed by atoms with Crippen LogP contribution in [0.15, 0.2) is 18.2 Å². The van der Waals surface area contributed by atoms with Crippen molar-refractivity contribution in [2.75, 3.05) is 12.8 Å². The predicted molar refractivity (Wildman–Crippen MR) is 65.8 cm³/mol. The molecule has 0 aromatic heterocycles. The summed E-state index contributed by atoms with van der Waals surface area (Å²) in [4.78, 5) is 0. The Bertz CT molecular complexity index is 344. The number of thioether (sulfide) groups is 1. The maximum absolute atomic E-state index is 13.4. The normalized spacial score (nSPS) is 14.8. The zero-order valence-electron chi connectivity index (χ0n) is 9.76. The van der Waals surface area contributed by atoms with Gasteiger partial charge in [0.15, 0.2) is 11.6 Å². The second kappa shape index (κ2) is 6.21. The summed E-state index contributed by atoms with van der Waals surface area (Å²) >= 11 is 1.74. The molecule has 0 amide bonds. The van der Waals surface area contributed by atoms with Crippen molar-refractivity contribution in [1.82, 2.24) is 5.32 Å². The fourth-order valence-corrected chi connectivity index (χ4v) is 1.65. The maximum atomic E-state index is 13.4. The lowest BCUT2D eigenvalue weighted by Crippen LogP contribution is -2.26. The molecule has 1 aromatic carbocycles. The topological polar surface area (TPSA) is 12.0 Å². The van der Waals surface area contributed by atoms with Gasteiger partial charge in [0.2, 0.25) is 0 Å². The van der Waals surface area contributed by atoms with Gasteiger partial charge in [-0.05, 0) is 19.2 Å². The van der Waals surface area contributed by atoms with E-state index in [0.29, 0.717) is 10.8 Å². The molecule has 0 heterocycles. The van der Waals surface area contributed by atoms with Gasteiger partial charge in [-0.1, -0.05) is 19.1 Å². The van der Waals surface area contributed by atoms with Gasteiger partial charge in [0.25, 0.3) is 0 Å². The molecular weight excluding hydrogens is 228 g/mol. The molecule has 0 spiro atoms. The van der Waals surface area contributed by atoms with Crippen molar-refractivity contribution in [3.05, 3.63) is 35.4 Å². The minimum Gasteiger partial charge on any atom is -0.309 e. The fourth-order valence-electron chi connectivity index (χ4n) is 1.39. The van der Waals surface area contributed by atoms with Gasteiger partial charge in [0.05, 0.1) is 0 Å². The Balaban J connectivity index is 2.66. The van der Waals surface area contributed by atoms with Crippen LogP contribution >= 0.6 is 11.8 Å². The Morgan fingerprint density at radius 3 is 2.62 bits per heavy atom. The SMILES string of the molecule is CSC(C)CNC(C)c1cccc(F)c1F. The molecule has 0 bridgehead atoms. The van der Waals surface area contributed by atoms with E-state index in [4.69, 9.17) is 0 Å². The average molecular weight is 245 g/mol. The molecule has 4 heteroatoms. The van der Waals surface area contributed by atoms with Gasteiger partial charge >= 0.3 is 0 Å². The van der Waals surface area contributed by atoms with E-state index in [2.05, 4.69) is 12.2 Å². The molecule has 1 rings (SSSR count). The fraction of sp³-hybridized carbons (Fsp3) is 0.500. The monoisotopic (exact) mass is 245 g/mol. The van der Waals surface area contributed by atoms with E-state index in [1.54, 1.807) is 17.8 Å². The van der Waals surface area contributed by atoms with Crippen molar-refractivity contribution in [1.29, 1.82) is 0 Å². The summed E-state index contributed by atoms with van der Waals surface area (Å²) in [5.41, 5.74) is 0.383. The summed E-state index contributed by atoms with van der Waals surface area (Å²) in [5, 5.41) is 3.65. The van der Waals surface area contributed by atoms with Crippen LogP contribution in [0.2, 0.25) is 0 Å². The molecular formula is C12H17F2NS. The highest BCUT2D eigenvalue weighted by atomic mass is 32.2. The van der Waals surface area contributed by atoms with Crippen LogP contribution in [0.3, 0.4) is 0 Å². The first-order valence-electron chi connectivity index (χ1n) is 5.26. The lowest BCUT2D eigenvalue weighted by Gasteiger charge is -2.17. The minimum atomic E-state index is -0.788. The predicted octanol–water partition coefficient (Wildman–Crippen LogP) is 3.37. The van der Waals surface area contributed by atoms with Crippen LogP contribution < -0.4 is 5.32 Å². The maximum Gasteiger partial charge on any atom is 0.163 e. The molecule has 0 aliphatic carbocycles. The standard InChI is InChI=1S/C12H17F2NS/c1-8(16-3)7-15-9(2)10-5-4-6-11(13)12(10)14/h4-6,8-9,15H,7H2,1-3H3. The van der Waals surface area contributed by atoms with Crippen molar-refractivity contribution in [3.63, 3.8) is 0 Å². The Morgan fingerprint density at radius 2 is 2.00 bits per heavy atom. The van der Waals surface area contributed by atoms with Crippen molar-refractivity contribution in [3.8, 4) is 0 Å². The summed E-state index contributed by atoms with van der Waals surface area (Å²) in [6.07, 6.45) is 2.03. The molecule has 1 nitrogen and oxygen atoms in total. The summed E-state index contributed by atoms with van der Waals surface area (Å²) in [6, 6.07) is 4.10. The average Bonchev–Trinajstić information content (AvgIpc) is 2.29. The second-order valence-corrected chi connectivity index (χ2v) is 5.10. The Hall–Kier alpha value is -0.610. The summed E-state index contributed by atoms with van der Waals surface area (Å²) < 4.78 is 26.4. The van der Waals surface area contributed by atoms with E-state index in [1.807, 2.05) is 13.2 Å². The van der Waals surface area contributed by atoms with Gasteiger partial charge in [-0.3, -0.25) is 0 Å². The number of nitrogens with one attached hydrogen (secondary N) is 1. The first-order chi connectivity index (χ1) is 7.56. The molecule has 16 heavy (non-hydrogen) atoms. The Morgan fingerprint density at radius 1 is 1.31 bits per heavy atom. The molecule has 1 N–H and O–H groups in total. The molecule has 0 radical (unpaired) electrons. The summed E-state index contributed by atoms with van der Waals surface area (Å²) in [6.45, 7) is 4.70. The molecule has 1 aromatic rings. The third-order valence-corrected chi connectivity index (χ3v) is 3.53. The second-order valence-electron chi connectivity index (χ2n) is 3.82. The van der Waals surface area contributed by atoms with Gasteiger partial charge in [-0.2, -0.15) is 11.8 Å². The van der Waals surface area contributed by atoms with Crippen LogP contribution in [0.5, 0.6) is 0 Å². The summed E-state index contributed by atoms with van der Waals surface area (Å²) in [5.74, 6) is -1.54. The quantitative estimate of drug-likeness (QED) is 0.853. The van der Waals surface area contributed by atoms with Crippen molar-refractivity contribution in [2.24, 2.45) is 0 Å². The zero-order valence-corrected chi connectivity index (χ0v) is 10.6. The highest BCUT2D eigenvalue weighted by Gasteiger charge is 2.14. The van der Waals surface area contributed by atoms with Gasteiger partial charge in [0.1, 0.15) is 0 Å². The first-order valence-corrected chi connectivity index (χ1v) is 6.55. The van der Waals surface area contributed by atoms with Gasteiger partial charge < -0.3 is 5.32 Å². The Kier molecular flexibility index (Phi) is 5.22. The Labute approximate surface area is 99.6 Å². The summed E-state index contributed by atoms with van der Waals surface area (Å²) in [7, 11) is 0. The molecule has 0 aliphatic rings. The zero-order chi connectivity index (χ0) is 12.1. The lowest BCUT2D eigenvalue weighted by atomic mass is 10.1. The smallest absolute Gasteiger partial charge is 0.163 e. The number of benzene rings is 1. The first kappa shape index (κ1) is 13.5. The van der Waals surface area contributed by atoms with Crippen LogP contribution in [0.25, 0.3) is 0 Å². The van der Waals surface area contributed by atoms with Crippen LogP contribution in [0, 0.1) is 11.6 Å². The van der Waals surface area contributed by atoms with E-state index in [-0.39, 0.29) is 6.04 Å². The minimum absolute atomic E-state index is 0.176. The van der Waals surface area contributed by atoms with Gasteiger partial charge in [-0.15, -0.1) is 0 Å². The van der Waals surface area contributed by atoms with E-state index < -0.39 is 11.6 Å².